The molecule has 0 saturated carbocycles. The number of hydrogen-bond donors (Lipinski definition) is 1. The summed E-state index contributed by atoms with van der Waals surface area (Å²) in [6.45, 7) is 3.97. The molecule has 3 nitrogen and oxygen atoms in total. The first-order chi connectivity index (χ1) is 8.22. The van der Waals surface area contributed by atoms with E-state index in [4.69, 9.17) is 0 Å². The number of anilines is 1. The molecule has 17 heavy (non-hydrogen) atoms. The van der Waals surface area contributed by atoms with Gasteiger partial charge in [0.2, 0.25) is 5.91 Å². The van der Waals surface area contributed by atoms with Gasteiger partial charge < -0.3 is 5.32 Å². The lowest BCUT2D eigenvalue weighted by molar-refractivity contribution is -0.116. The van der Waals surface area contributed by atoms with Crippen LogP contribution < -0.4 is 5.32 Å². The number of carbonyl (C=O) groups excluding carboxylic acids is 1. The van der Waals surface area contributed by atoms with Crippen LogP contribution >= 0.6 is 0 Å². The molecule has 0 aliphatic rings. The molecule has 0 fully saturated rings. The van der Waals surface area contributed by atoms with Crippen molar-refractivity contribution in [2.24, 2.45) is 0 Å². The van der Waals surface area contributed by atoms with Crippen molar-refractivity contribution >= 4 is 22.4 Å². The zero-order chi connectivity index (χ0) is 12.3. The molecule has 0 saturated heterocycles. The zero-order valence-electron chi connectivity index (χ0n) is 10.2. The van der Waals surface area contributed by atoms with Crippen LogP contribution in [-0.4, -0.2) is 10.9 Å². The minimum atomic E-state index is 0.0643. The number of aryl methyl sites for hydroxylation is 1. The molecule has 2 rings (SSSR count). The normalized spacial score (nSPS) is 10.5. The highest BCUT2D eigenvalue weighted by molar-refractivity contribution is 6.02. The Balaban J connectivity index is 2.41. The lowest BCUT2D eigenvalue weighted by atomic mass is 10.1. The third-order valence-corrected chi connectivity index (χ3v) is 2.76. The molecule has 88 valence electrons. The van der Waals surface area contributed by atoms with Crippen molar-refractivity contribution in [2.45, 2.75) is 26.7 Å². The molecule has 0 aliphatic carbocycles. The summed E-state index contributed by atoms with van der Waals surface area (Å²) in [4.78, 5) is 15.9. The Bertz CT molecular complexity index is 549. The first-order valence-electron chi connectivity index (χ1n) is 5.86. The van der Waals surface area contributed by atoms with Gasteiger partial charge in [-0.05, 0) is 25.5 Å². The van der Waals surface area contributed by atoms with Crippen molar-refractivity contribution in [3.05, 3.63) is 36.2 Å². The van der Waals surface area contributed by atoms with E-state index in [2.05, 4.69) is 10.3 Å². The lowest BCUT2D eigenvalue weighted by Crippen LogP contribution is -2.10. The van der Waals surface area contributed by atoms with Gasteiger partial charge in [0, 0.05) is 34.8 Å². The van der Waals surface area contributed by atoms with Crippen molar-refractivity contribution in [3.63, 3.8) is 0 Å². The number of amides is 1. The van der Waals surface area contributed by atoms with E-state index in [0.717, 1.165) is 28.6 Å². The molecule has 1 amide bonds. The van der Waals surface area contributed by atoms with Crippen LogP contribution in [0.15, 0.2) is 30.5 Å². The van der Waals surface area contributed by atoms with Gasteiger partial charge in [0.25, 0.3) is 0 Å². The van der Waals surface area contributed by atoms with Crippen LogP contribution in [0, 0.1) is 6.92 Å². The Morgan fingerprint density at radius 2 is 2.12 bits per heavy atom. The largest absolute Gasteiger partial charge is 0.326 e. The van der Waals surface area contributed by atoms with Gasteiger partial charge in [-0.2, -0.15) is 0 Å². The van der Waals surface area contributed by atoms with Gasteiger partial charge in [0.1, 0.15) is 0 Å². The third-order valence-electron chi connectivity index (χ3n) is 2.76. The number of nitrogens with one attached hydrogen (secondary N) is 1. The average molecular weight is 228 g/mol. The van der Waals surface area contributed by atoms with Gasteiger partial charge in [0.15, 0.2) is 0 Å². The maximum Gasteiger partial charge on any atom is 0.224 e. The van der Waals surface area contributed by atoms with Gasteiger partial charge in [-0.3, -0.25) is 9.78 Å². The molecule has 2 aromatic rings. The van der Waals surface area contributed by atoms with E-state index in [1.165, 1.54) is 0 Å². The van der Waals surface area contributed by atoms with E-state index in [9.17, 15) is 4.79 Å². The summed E-state index contributed by atoms with van der Waals surface area (Å²) in [7, 11) is 0. The molecule has 0 radical (unpaired) electrons. The minimum absolute atomic E-state index is 0.0643. The molecular weight excluding hydrogens is 212 g/mol. The van der Waals surface area contributed by atoms with Gasteiger partial charge in [0.05, 0.1) is 0 Å². The van der Waals surface area contributed by atoms with Crippen LogP contribution in [0.3, 0.4) is 0 Å². The maximum absolute atomic E-state index is 11.6. The van der Waals surface area contributed by atoms with Crippen LogP contribution in [0.5, 0.6) is 0 Å². The fourth-order valence-corrected chi connectivity index (χ4v) is 1.90. The average Bonchev–Trinajstić information content (AvgIpc) is 2.31. The van der Waals surface area contributed by atoms with Crippen LogP contribution in [-0.2, 0) is 4.79 Å². The molecule has 1 aromatic heterocycles. The van der Waals surface area contributed by atoms with Gasteiger partial charge in [-0.1, -0.05) is 19.1 Å². The van der Waals surface area contributed by atoms with E-state index in [1.54, 1.807) is 6.20 Å². The van der Waals surface area contributed by atoms with Crippen molar-refractivity contribution < 1.29 is 4.79 Å². The number of carbonyl (C=O) groups is 1. The van der Waals surface area contributed by atoms with Crippen LogP contribution in [0.1, 0.15) is 25.5 Å². The molecule has 0 aliphatic heterocycles. The molecule has 3 heteroatoms. The number of pyridine rings is 1. The fraction of sp³-hybridized carbons (Fsp3) is 0.286. The zero-order valence-corrected chi connectivity index (χ0v) is 10.2. The lowest BCUT2D eigenvalue weighted by Gasteiger charge is -2.09. The number of rotatable bonds is 3. The van der Waals surface area contributed by atoms with E-state index >= 15 is 0 Å². The van der Waals surface area contributed by atoms with E-state index in [1.807, 2.05) is 38.1 Å². The second-order valence-electron chi connectivity index (χ2n) is 4.10. The number of hydrogen-bond acceptors (Lipinski definition) is 2. The molecule has 1 heterocycles. The summed E-state index contributed by atoms with van der Waals surface area (Å²) in [5.74, 6) is 0.0643. The smallest absolute Gasteiger partial charge is 0.224 e. The van der Waals surface area contributed by atoms with Crippen LogP contribution in [0.25, 0.3) is 10.8 Å². The van der Waals surface area contributed by atoms with Gasteiger partial charge in [-0.15, -0.1) is 0 Å². The van der Waals surface area contributed by atoms with Crippen LogP contribution in [0.2, 0.25) is 0 Å². The first kappa shape index (κ1) is 11.6. The summed E-state index contributed by atoms with van der Waals surface area (Å²) in [5, 5.41) is 5.08. The molecular formula is C14H16N2O. The third kappa shape index (κ3) is 2.44. The number of benzene rings is 1. The Morgan fingerprint density at radius 3 is 2.88 bits per heavy atom. The summed E-state index contributed by atoms with van der Waals surface area (Å²) in [5.41, 5.74) is 1.85. The quantitative estimate of drug-likeness (QED) is 0.875. The highest BCUT2D eigenvalue weighted by atomic mass is 16.1. The van der Waals surface area contributed by atoms with Crippen molar-refractivity contribution in [2.75, 3.05) is 5.32 Å². The first-order valence-corrected chi connectivity index (χ1v) is 5.86. The molecule has 0 atom stereocenters. The molecule has 1 aromatic carbocycles. The highest BCUT2D eigenvalue weighted by Gasteiger charge is 2.06. The second kappa shape index (κ2) is 4.95. The maximum atomic E-state index is 11.6. The van der Waals surface area contributed by atoms with E-state index in [-0.39, 0.29) is 5.91 Å². The Kier molecular flexibility index (Phi) is 3.38. The number of nitrogens with zero attached hydrogens (tertiary/aromatic N) is 1. The van der Waals surface area contributed by atoms with Crippen molar-refractivity contribution in [1.29, 1.82) is 0 Å². The second-order valence-corrected chi connectivity index (χ2v) is 4.10. The Morgan fingerprint density at radius 1 is 1.29 bits per heavy atom. The highest BCUT2D eigenvalue weighted by Crippen LogP contribution is 2.24. The monoisotopic (exact) mass is 228 g/mol. The van der Waals surface area contributed by atoms with Crippen molar-refractivity contribution in [3.8, 4) is 0 Å². The Labute approximate surface area is 101 Å². The topological polar surface area (TPSA) is 42.0 Å². The summed E-state index contributed by atoms with van der Waals surface area (Å²) in [6.07, 6.45) is 3.19. The van der Waals surface area contributed by atoms with E-state index in [0.29, 0.717) is 6.42 Å². The predicted octanol–water partition coefficient (Wildman–Crippen LogP) is 3.28. The van der Waals surface area contributed by atoms with Crippen LogP contribution in [0.4, 0.5) is 5.69 Å². The number of fused-ring (bicyclic) bond motifs is 1. The summed E-state index contributed by atoms with van der Waals surface area (Å²) >= 11 is 0. The molecule has 1 N–H and O–H groups in total. The summed E-state index contributed by atoms with van der Waals surface area (Å²) < 4.78 is 0. The standard InChI is InChI=1S/C14H16N2O/c1-3-5-14(17)16-13-7-4-6-11-10(2)15-9-8-12(11)13/h4,6-9H,3,5H2,1-2H3,(H,16,17). The fourth-order valence-electron chi connectivity index (χ4n) is 1.90. The van der Waals surface area contributed by atoms with E-state index < -0.39 is 0 Å². The minimum Gasteiger partial charge on any atom is -0.326 e. The van der Waals surface area contributed by atoms with Gasteiger partial charge in [-0.25, -0.2) is 0 Å². The predicted molar refractivity (Wildman–Crippen MR) is 70.0 cm³/mol. The van der Waals surface area contributed by atoms with Gasteiger partial charge >= 0.3 is 0 Å². The molecule has 0 unspecified atom stereocenters. The SMILES string of the molecule is CCCC(=O)Nc1cccc2c(C)nccc12. The summed E-state index contributed by atoms with van der Waals surface area (Å²) in [6, 6.07) is 7.82. The molecule has 0 bridgehead atoms. The number of aromatic nitrogens is 1. The van der Waals surface area contributed by atoms with Crippen molar-refractivity contribution in [1.82, 2.24) is 4.98 Å². The molecule has 0 spiro atoms. The Hall–Kier alpha value is -1.90.